The number of carbonyl (C=O) groups excluding carboxylic acids is 2. The lowest BCUT2D eigenvalue weighted by atomic mass is 9.84. The van der Waals surface area contributed by atoms with Gasteiger partial charge in [-0.15, -0.1) is 0 Å². The number of para-hydroxylation sites is 1. The zero-order valence-corrected chi connectivity index (χ0v) is 14.9. The van der Waals surface area contributed by atoms with Gasteiger partial charge in [0, 0.05) is 25.1 Å². The van der Waals surface area contributed by atoms with Crippen LogP contribution in [0.1, 0.15) is 44.6 Å². The van der Waals surface area contributed by atoms with E-state index in [2.05, 4.69) is 0 Å². The molecular formula is C20H24N2O4. The first kappa shape index (κ1) is 17.1. The van der Waals surface area contributed by atoms with E-state index in [1.54, 1.807) is 9.80 Å². The molecule has 1 aromatic carbocycles. The summed E-state index contributed by atoms with van der Waals surface area (Å²) in [5, 5.41) is 9.70. The average Bonchev–Trinajstić information content (AvgIpc) is 3.20. The van der Waals surface area contributed by atoms with Gasteiger partial charge in [-0.25, -0.2) is 4.79 Å². The highest BCUT2D eigenvalue weighted by Crippen LogP contribution is 2.42. The van der Waals surface area contributed by atoms with Gasteiger partial charge in [0.25, 0.3) is 0 Å². The molecule has 0 unspecified atom stereocenters. The van der Waals surface area contributed by atoms with E-state index in [9.17, 15) is 19.5 Å². The van der Waals surface area contributed by atoms with E-state index < -0.39 is 18.1 Å². The Morgan fingerprint density at radius 3 is 2.54 bits per heavy atom. The van der Waals surface area contributed by atoms with Gasteiger partial charge in [-0.3, -0.25) is 14.5 Å². The van der Waals surface area contributed by atoms with Crippen LogP contribution in [0.2, 0.25) is 0 Å². The number of carboxylic acids is 1. The predicted molar refractivity (Wildman–Crippen MR) is 95.7 cm³/mol. The van der Waals surface area contributed by atoms with Crippen LogP contribution in [0.15, 0.2) is 24.3 Å². The van der Waals surface area contributed by atoms with Crippen LogP contribution in [0.4, 0.5) is 5.69 Å². The van der Waals surface area contributed by atoms with Crippen LogP contribution < -0.4 is 4.90 Å². The summed E-state index contributed by atoms with van der Waals surface area (Å²) in [4.78, 5) is 40.7. The van der Waals surface area contributed by atoms with Gasteiger partial charge < -0.3 is 10.0 Å². The number of aliphatic carboxylic acids is 1. The number of anilines is 1. The first-order valence-electron chi connectivity index (χ1n) is 9.41. The lowest BCUT2D eigenvalue weighted by molar-refractivity contribution is -0.150. The van der Waals surface area contributed by atoms with Crippen molar-refractivity contribution < 1.29 is 19.5 Å². The molecule has 4 atom stereocenters. The number of rotatable bonds is 2. The zero-order valence-electron chi connectivity index (χ0n) is 14.9. The van der Waals surface area contributed by atoms with Crippen molar-refractivity contribution in [2.75, 3.05) is 4.90 Å². The number of hydrogen-bond acceptors (Lipinski definition) is 3. The minimum atomic E-state index is -0.933. The molecule has 0 aromatic heterocycles. The van der Waals surface area contributed by atoms with Crippen molar-refractivity contribution in [1.29, 1.82) is 0 Å². The molecular weight excluding hydrogens is 332 g/mol. The molecule has 2 heterocycles. The van der Waals surface area contributed by atoms with Crippen molar-refractivity contribution in [3.63, 3.8) is 0 Å². The molecule has 4 rings (SSSR count). The Morgan fingerprint density at radius 1 is 1.08 bits per heavy atom. The van der Waals surface area contributed by atoms with E-state index in [0.29, 0.717) is 12.8 Å². The molecule has 26 heavy (non-hydrogen) atoms. The molecule has 2 fully saturated rings. The largest absolute Gasteiger partial charge is 0.480 e. The Balaban J connectivity index is 1.67. The van der Waals surface area contributed by atoms with E-state index in [1.807, 2.05) is 24.3 Å². The molecule has 1 saturated heterocycles. The molecule has 6 nitrogen and oxygen atoms in total. The third kappa shape index (κ3) is 2.59. The molecule has 0 radical (unpaired) electrons. The standard InChI is InChI=1S/C20H24N2O4/c1-12(23)21-15-8-4-2-6-13(15)10-17(21)19(24)22-16-9-5-3-7-14(16)11-18(22)20(25)26/h2,4,6,8,14,16-18H,3,5,7,9-11H2,1H3,(H,25,26)/t14-,16+,17-,18-/m0/s1. The smallest absolute Gasteiger partial charge is 0.326 e. The number of likely N-dealkylation sites (tertiary alicyclic amines) is 1. The van der Waals surface area contributed by atoms with E-state index in [-0.39, 0.29) is 23.8 Å². The number of amides is 2. The van der Waals surface area contributed by atoms with Crippen molar-refractivity contribution in [3.8, 4) is 0 Å². The van der Waals surface area contributed by atoms with E-state index in [1.165, 1.54) is 6.92 Å². The molecule has 0 spiro atoms. The summed E-state index contributed by atoms with van der Waals surface area (Å²) in [7, 11) is 0. The topological polar surface area (TPSA) is 77.9 Å². The summed E-state index contributed by atoms with van der Waals surface area (Å²) in [6.07, 6.45) is 4.96. The van der Waals surface area contributed by atoms with Crippen LogP contribution in [0.3, 0.4) is 0 Å². The molecule has 2 aliphatic heterocycles. The lowest BCUT2D eigenvalue weighted by Gasteiger charge is -2.36. The predicted octanol–water partition coefficient (Wildman–Crippen LogP) is 2.21. The van der Waals surface area contributed by atoms with Gasteiger partial charge in [0.05, 0.1) is 0 Å². The van der Waals surface area contributed by atoms with Crippen molar-refractivity contribution in [2.24, 2.45) is 5.92 Å². The minimum absolute atomic E-state index is 0.00475. The minimum Gasteiger partial charge on any atom is -0.480 e. The second-order valence-electron chi connectivity index (χ2n) is 7.68. The summed E-state index contributed by atoms with van der Waals surface area (Å²) in [5.41, 5.74) is 1.73. The maximum absolute atomic E-state index is 13.5. The average molecular weight is 356 g/mol. The number of carboxylic acid groups (broad SMARTS) is 1. The van der Waals surface area contributed by atoms with Gasteiger partial charge in [0.2, 0.25) is 11.8 Å². The summed E-state index contributed by atoms with van der Waals surface area (Å²) >= 11 is 0. The SMILES string of the molecule is CC(=O)N1c2ccccc2C[C@H]1C(=O)N1[C@@H]2CCCC[C@H]2C[C@H]1C(=O)O. The van der Waals surface area contributed by atoms with Crippen molar-refractivity contribution in [1.82, 2.24) is 4.90 Å². The molecule has 1 aromatic rings. The van der Waals surface area contributed by atoms with Gasteiger partial charge in [0.1, 0.15) is 12.1 Å². The van der Waals surface area contributed by atoms with Crippen LogP contribution in [0, 0.1) is 5.92 Å². The summed E-state index contributed by atoms with van der Waals surface area (Å²) in [5.74, 6) is -1.06. The van der Waals surface area contributed by atoms with Gasteiger partial charge in [-0.2, -0.15) is 0 Å². The van der Waals surface area contributed by atoms with E-state index in [0.717, 1.165) is 36.9 Å². The molecule has 2 amide bonds. The summed E-state index contributed by atoms with van der Waals surface area (Å²) < 4.78 is 0. The second-order valence-corrected chi connectivity index (χ2v) is 7.68. The normalized spacial score (nSPS) is 30.0. The highest BCUT2D eigenvalue weighted by Gasteiger charge is 2.51. The molecule has 138 valence electrons. The Labute approximate surface area is 152 Å². The third-order valence-electron chi connectivity index (χ3n) is 6.23. The fraction of sp³-hybridized carbons (Fsp3) is 0.550. The van der Waals surface area contributed by atoms with Gasteiger partial charge in [-0.1, -0.05) is 31.0 Å². The summed E-state index contributed by atoms with van der Waals surface area (Å²) in [6.45, 7) is 1.46. The fourth-order valence-corrected chi connectivity index (χ4v) is 5.14. The van der Waals surface area contributed by atoms with E-state index in [4.69, 9.17) is 0 Å². The van der Waals surface area contributed by atoms with E-state index >= 15 is 0 Å². The molecule has 1 aliphatic carbocycles. The first-order valence-corrected chi connectivity index (χ1v) is 9.41. The number of nitrogens with zero attached hydrogens (tertiary/aromatic N) is 2. The Morgan fingerprint density at radius 2 is 1.81 bits per heavy atom. The maximum atomic E-state index is 13.5. The van der Waals surface area contributed by atoms with Crippen LogP contribution in [0.25, 0.3) is 0 Å². The number of benzene rings is 1. The van der Waals surface area contributed by atoms with Crippen LogP contribution in [-0.2, 0) is 20.8 Å². The second kappa shape index (κ2) is 6.41. The van der Waals surface area contributed by atoms with Crippen molar-refractivity contribution in [3.05, 3.63) is 29.8 Å². The molecule has 0 bridgehead atoms. The third-order valence-corrected chi connectivity index (χ3v) is 6.23. The fourth-order valence-electron chi connectivity index (χ4n) is 5.14. The lowest BCUT2D eigenvalue weighted by Crippen LogP contribution is -2.55. The Bertz CT molecular complexity index is 762. The maximum Gasteiger partial charge on any atom is 0.326 e. The van der Waals surface area contributed by atoms with Crippen molar-refractivity contribution in [2.45, 2.75) is 63.6 Å². The van der Waals surface area contributed by atoms with Gasteiger partial charge in [-0.05, 0) is 36.8 Å². The monoisotopic (exact) mass is 356 g/mol. The Hall–Kier alpha value is -2.37. The van der Waals surface area contributed by atoms with Gasteiger partial charge in [0.15, 0.2) is 0 Å². The van der Waals surface area contributed by atoms with Crippen molar-refractivity contribution >= 4 is 23.5 Å². The molecule has 1 saturated carbocycles. The van der Waals surface area contributed by atoms with Crippen LogP contribution in [-0.4, -0.2) is 45.9 Å². The molecule has 1 N–H and O–H groups in total. The van der Waals surface area contributed by atoms with Crippen LogP contribution >= 0.6 is 0 Å². The Kier molecular flexibility index (Phi) is 4.21. The van der Waals surface area contributed by atoms with Crippen LogP contribution in [0.5, 0.6) is 0 Å². The number of hydrogen-bond donors (Lipinski definition) is 1. The quantitative estimate of drug-likeness (QED) is 0.881. The van der Waals surface area contributed by atoms with Gasteiger partial charge >= 0.3 is 5.97 Å². The molecule has 6 heteroatoms. The highest BCUT2D eigenvalue weighted by atomic mass is 16.4. The highest BCUT2D eigenvalue weighted by molar-refractivity contribution is 6.03. The number of fused-ring (bicyclic) bond motifs is 2. The molecule has 3 aliphatic rings. The summed E-state index contributed by atoms with van der Waals surface area (Å²) in [6, 6.07) is 6.13. The zero-order chi connectivity index (χ0) is 18.4. The number of carbonyl (C=O) groups is 3. The first-order chi connectivity index (χ1) is 12.5.